The Bertz CT molecular complexity index is 262. The quantitative estimate of drug-likeness (QED) is 0.528. The van der Waals surface area contributed by atoms with E-state index in [0.717, 1.165) is 0 Å². The van der Waals surface area contributed by atoms with Crippen LogP contribution in [0, 0.1) is 5.92 Å². The number of carbonyl (C=O) groups excluding carboxylic acids is 1. The van der Waals surface area contributed by atoms with Gasteiger partial charge in [0, 0.05) is 0 Å². The predicted molar refractivity (Wildman–Crippen MR) is 39.9 cm³/mol. The lowest BCUT2D eigenvalue weighted by atomic mass is 10.0. The summed E-state index contributed by atoms with van der Waals surface area (Å²) >= 11 is 0. The van der Waals surface area contributed by atoms with Gasteiger partial charge in [-0.15, -0.1) is 0 Å². The minimum Gasteiger partial charge on any atom is -0.481 e. The summed E-state index contributed by atoms with van der Waals surface area (Å²) in [5.41, 5.74) is 0. The molecule has 6 heteroatoms. The molecular weight excluding hydrogens is 178 g/mol. The summed E-state index contributed by atoms with van der Waals surface area (Å²) in [7, 11) is 0. The van der Waals surface area contributed by atoms with Gasteiger partial charge in [0.05, 0.1) is 12.3 Å². The lowest BCUT2D eigenvalue weighted by Crippen LogP contribution is -2.33. The number of carboxylic acids is 2. The van der Waals surface area contributed by atoms with E-state index in [9.17, 15) is 14.4 Å². The van der Waals surface area contributed by atoms with Crippen LogP contribution < -0.4 is 5.32 Å². The first kappa shape index (κ1) is 9.50. The van der Waals surface area contributed by atoms with Crippen LogP contribution in [0.25, 0.3) is 0 Å². The van der Waals surface area contributed by atoms with Gasteiger partial charge >= 0.3 is 11.9 Å². The van der Waals surface area contributed by atoms with E-state index < -0.39 is 29.8 Å². The summed E-state index contributed by atoms with van der Waals surface area (Å²) in [6, 6.07) is -0.933. The number of rotatable bonds is 3. The monoisotopic (exact) mass is 187 g/mol. The average molecular weight is 187 g/mol. The Morgan fingerprint density at radius 1 is 1.46 bits per heavy atom. The van der Waals surface area contributed by atoms with Crippen LogP contribution in [0.3, 0.4) is 0 Å². The van der Waals surface area contributed by atoms with Gasteiger partial charge < -0.3 is 15.5 Å². The molecule has 0 aromatic rings. The molecule has 6 nitrogen and oxygen atoms in total. The van der Waals surface area contributed by atoms with Crippen molar-refractivity contribution in [3.63, 3.8) is 0 Å². The molecule has 1 aliphatic rings. The van der Waals surface area contributed by atoms with Crippen molar-refractivity contribution < 1.29 is 24.6 Å². The van der Waals surface area contributed by atoms with Crippen LogP contribution >= 0.6 is 0 Å². The largest absolute Gasteiger partial charge is 0.481 e. The van der Waals surface area contributed by atoms with Crippen molar-refractivity contribution in [1.29, 1.82) is 0 Å². The number of hydrogen-bond acceptors (Lipinski definition) is 3. The third kappa shape index (κ3) is 2.17. The smallest absolute Gasteiger partial charge is 0.326 e. The molecule has 1 saturated heterocycles. The first-order valence-electron chi connectivity index (χ1n) is 3.75. The third-order valence-corrected chi connectivity index (χ3v) is 1.93. The van der Waals surface area contributed by atoms with Crippen molar-refractivity contribution >= 4 is 17.8 Å². The zero-order valence-electron chi connectivity index (χ0n) is 6.69. The number of amides is 1. The van der Waals surface area contributed by atoms with Crippen LogP contribution in [0.4, 0.5) is 0 Å². The average Bonchev–Trinajstić information content (AvgIpc) is 2.31. The Labute approximate surface area is 73.5 Å². The highest BCUT2D eigenvalue weighted by atomic mass is 16.4. The van der Waals surface area contributed by atoms with E-state index in [1.165, 1.54) is 0 Å². The van der Waals surface area contributed by atoms with E-state index in [4.69, 9.17) is 10.2 Å². The zero-order chi connectivity index (χ0) is 10.0. The molecule has 0 aromatic carbocycles. The minimum absolute atomic E-state index is 0.0560. The molecule has 0 aliphatic carbocycles. The molecule has 3 N–H and O–H groups in total. The number of carboxylic acid groups (broad SMARTS) is 2. The predicted octanol–water partition coefficient (Wildman–Crippen LogP) is -0.950. The first-order valence-corrected chi connectivity index (χ1v) is 3.75. The molecule has 1 rings (SSSR count). The van der Waals surface area contributed by atoms with Crippen LogP contribution in [0.1, 0.15) is 12.8 Å². The van der Waals surface area contributed by atoms with Crippen LogP contribution in [0.15, 0.2) is 0 Å². The van der Waals surface area contributed by atoms with E-state index >= 15 is 0 Å². The Morgan fingerprint density at radius 3 is 2.46 bits per heavy atom. The lowest BCUT2D eigenvalue weighted by molar-refractivity contribution is -0.140. The van der Waals surface area contributed by atoms with Gasteiger partial charge in [0.1, 0.15) is 6.04 Å². The fourth-order valence-electron chi connectivity index (χ4n) is 1.29. The summed E-state index contributed by atoms with van der Waals surface area (Å²) < 4.78 is 0. The van der Waals surface area contributed by atoms with Gasteiger partial charge in [-0.3, -0.25) is 9.59 Å². The van der Waals surface area contributed by atoms with Gasteiger partial charge in [0.2, 0.25) is 5.91 Å². The summed E-state index contributed by atoms with van der Waals surface area (Å²) in [5, 5.41) is 19.1. The molecule has 72 valence electrons. The van der Waals surface area contributed by atoms with Crippen molar-refractivity contribution in [2.45, 2.75) is 18.9 Å². The van der Waals surface area contributed by atoms with E-state index in [-0.39, 0.29) is 12.8 Å². The second kappa shape index (κ2) is 3.42. The summed E-state index contributed by atoms with van der Waals surface area (Å²) in [6.07, 6.45) is -0.254. The topological polar surface area (TPSA) is 104 Å². The minimum atomic E-state index is -1.12. The van der Waals surface area contributed by atoms with Gasteiger partial charge in [-0.05, 0) is 6.42 Å². The number of carbonyl (C=O) groups is 3. The number of hydrogen-bond donors (Lipinski definition) is 3. The molecular formula is C7H9NO5. The number of aliphatic carboxylic acids is 2. The fourth-order valence-corrected chi connectivity index (χ4v) is 1.29. The Kier molecular flexibility index (Phi) is 2.50. The third-order valence-electron chi connectivity index (χ3n) is 1.93. The molecule has 0 spiro atoms. The molecule has 1 aliphatic heterocycles. The fraction of sp³-hybridized carbons (Fsp3) is 0.571. The molecule has 13 heavy (non-hydrogen) atoms. The zero-order valence-corrected chi connectivity index (χ0v) is 6.69. The standard InChI is InChI=1S/C7H9NO5/c9-5(10)2-3-1-4(7(12)13)8-6(3)11/h3-4H,1-2H2,(H,8,11)(H,9,10)(H,12,13)/t3?,4-/m0/s1. The molecule has 2 atom stereocenters. The van der Waals surface area contributed by atoms with Crippen molar-refractivity contribution in [1.82, 2.24) is 5.32 Å². The van der Waals surface area contributed by atoms with Crippen LogP contribution in [0.2, 0.25) is 0 Å². The Balaban J connectivity index is 2.56. The Morgan fingerprint density at radius 2 is 2.08 bits per heavy atom. The first-order chi connectivity index (χ1) is 6.00. The van der Waals surface area contributed by atoms with Crippen LogP contribution in [0.5, 0.6) is 0 Å². The molecule has 0 aromatic heterocycles. The molecule has 0 saturated carbocycles. The molecule has 0 radical (unpaired) electrons. The molecule has 0 bridgehead atoms. The van der Waals surface area contributed by atoms with Crippen LogP contribution in [-0.2, 0) is 14.4 Å². The van der Waals surface area contributed by atoms with Gasteiger partial charge in [-0.2, -0.15) is 0 Å². The lowest BCUT2D eigenvalue weighted by Gasteiger charge is -2.01. The highest BCUT2D eigenvalue weighted by Crippen LogP contribution is 2.18. The maximum Gasteiger partial charge on any atom is 0.326 e. The van der Waals surface area contributed by atoms with Crippen molar-refractivity contribution in [3.8, 4) is 0 Å². The highest BCUT2D eigenvalue weighted by Gasteiger charge is 2.36. The van der Waals surface area contributed by atoms with Crippen molar-refractivity contribution in [2.75, 3.05) is 0 Å². The van der Waals surface area contributed by atoms with Gasteiger partial charge in [0.25, 0.3) is 0 Å². The molecule has 1 heterocycles. The SMILES string of the molecule is O=C(O)CC1C[C@@H](C(=O)O)NC1=O. The van der Waals surface area contributed by atoms with Gasteiger partial charge in [0.15, 0.2) is 0 Å². The highest BCUT2D eigenvalue weighted by molar-refractivity contribution is 5.90. The van der Waals surface area contributed by atoms with E-state index in [2.05, 4.69) is 5.32 Å². The summed E-state index contributed by atoms with van der Waals surface area (Å²) in [4.78, 5) is 31.7. The molecule has 1 fully saturated rings. The maximum absolute atomic E-state index is 11.0. The maximum atomic E-state index is 11.0. The van der Waals surface area contributed by atoms with E-state index in [0.29, 0.717) is 0 Å². The second-order valence-corrected chi connectivity index (χ2v) is 2.93. The normalized spacial score (nSPS) is 26.9. The Hall–Kier alpha value is -1.59. The second-order valence-electron chi connectivity index (χ2n) is 2.93. The summed E-state index contributed by atoms with van der Waals surface area (Å²) in [5.74, 6) is -3.42. The van der Waals surface area contributed by atoms with Crippen molar-refractivity contribution in [3.05, 3.63) is 0 Å². The molecule has 1 amide bonds. The van der Waals surface area contributed by atoms with Crippen LogP contribution in [-0.4, -0.2) is 34.1 Å². The van der Waals surface area contributed by atoms with Crippen molar-refractivity contribution in [2.24, 2.45) is 5.92 Å². The number of nitrogens with one attached hydrogen (secondary N) is 1. The summed E-state index contributed by atoms with van der Waals surface area (Å²) in [6.45, 7) is 0. The van der Waals surface area contributed by atoms with Gasteiger partial charge in [-0.1, -0.05) is 0 Å². The van der Waals surface area contributed by atoms with E-state index in [1.807, 2.05) is 0 Å². The molecule has 1 unspecified atom stereocenters. The van der Waals surface area contributed by atoms with Gasteiger partial charge in [-0.25, -0.2) is 4.79 Å². The van der Waals surface area contributed by atoms with E-state index in [1.54, 1.807) is 0 Å².